The largest absolute Gasteiger partial charge is 0.380 e. The second kappa shape index (κ2) is 5.44. The maximum Gasteiger partial charge on any atom is 0.260 e. The summed E-state index contributed by atoms with van der Waals surface area (Å²) in [6.07, 6.45) is 4.65. The summed E-state index contributed by atoms with van der Waals surface area (Å²) in [7, 11) is -1.94. The van der Waals surface area contributed by atoms with Crippen LogP contribution in [0.4, 0.5) is 0 Å². The second-order valence-electron chi connectivity index (χ2n) is 5.42. The molecule has 1 saturated heterocycles. The zero-order valence-electron chi connectivity index (χ0n) is 11.5. The van der Waals surface area contributed by atoms with Crippen LogP contribution < -0.4 is 5.32 Å². The molecule has 1 aromatic rings. The van der Waals surface area contributed by atoms with Crippen molar-refractivity contribution in [1.82, 2.24) is 19.8 Å². The minimum absolute atomic E-state index is 0.0902. The molecule has 3 rings (SSSR count). The Balaban J connectivity index is 1.77. The van der Waals surface area contributed by atoms with Crippen molar-refractivity contribution in [2.24, 2.45) is 0 Å². The average molecular weight is 300 g/mol. The van der Waals surface area contributed by atoms with E-state index in [0.29, 0.717) is 31.4 Å². The van der Waals surface area contributed by atoms with Gasteiger partial charge in [0.25, 0.3) is 10.0 Å². The summed E-state index contributed by atoms with van der Waals surface area (Å²) in [5.74, 6) is 0. The van der Waals surface area contributed by atoms with Crippen molar-refractivity contribution in [1.29, 1.82) is 0 Å². The van der Waals surface area contributed by atoms with Gasteiger partial charge < -0.3 is 10.1 Å². The lowest BCUT2D eigenvalue weighted by Crippen LogP contribution is -2.38. The number of aromatic amines is 1. The summed E-state index contributed by atoms with van der Waals surface area (Å²) in [6.45, 7) is 1.61. The summed E-state index contributed by atoms with van der Waals surface area (Å²) in [5.41, 5.74) is 0.697. The molecule has 112 valence electrons. The van der Waals surface area contributed by atoms with E-state index in [9.17, 15) is 8.42 Å². The van der Waals surface area contributed by atoms with Crippen LogP contribution in [-0.4, -0.2) is 55.3 Å². The van der Waals surface area contributed by atoms with Gasteiger partial charge in [0.05, 0.1) is 18.8 Å². The third kappa shape index (κ3) is 2.73. The lowest BCUT2D eigenvalue weighted by molar-refractivity contribution is 0.180. The van der Waals surface area contributed by atoms with Gasteiger partial charge in [0.1, 0.15) is 0 Å². The van der Waals surface area contributed by atoms with Gasteiger partial charge in [-0.2, -0.15) is 9.40 Å². The van der Waals surface area contributed by atoms with Crippen molar-refractivity contribution >= 4 is 10.0 Å². The molecule has 2 heterocycles. The van der Waals surface area contributed by atoms with Crippen LogP contribution in [0, 0.1) is 0 Å². The van der Waals surface area contributed by atoms with Gasteiger partial charge in [-0.3, -0.25) is 5.10 Å². The van der Waals surface area contributed by atoms with Gasteiger partial charge >= 0.3 is 0 Å². The van der Waals surface area contributed by atoms with Crippen molar-refractivity contribution in [2.75, 3.05) is 20.3 Å². The van der Waals surface area contributed by atoms with Crippen LogP contribution in [0.3, 0.4) is 0 Å². The van der Waals surface area contributed by atoms with Crippen molar-refractivity contribution in [2.45, 2.75) is 42.9 Å². The van der Waals surface area contributed by atoms with Gasteiger partial charge in [-0.25, -0.2) is 8.42 Å². The summed E-state index contributed by atoms with van der Waals surface area (Å²) < 4.78 is 31.9. The van der Waals surface area contributed by atoms with Crippen LogP contribution in [0.25, 0.3) is 0 Å². The summed E-state index contributed by atoms with van der Waals surface area (Å²) in [6, 6.07) is 0.439. The highest BCUT2D eigenvalue weighted by molar-refractivity contribution is 7.89. The third-order valence-corrected chi connectivity index (χ3v) is 5.82. The number of H-pyrrole nitrogens is 1. The summed E-state index contributed by atoms with van der Waals surface area (Å²) >= 11 is 0. The van der Waals surface area contributed by atoms with Crippen molar-refractivity contribution in [3.05, 3.63) is 11.8 Å². The third-order valence-electron chi connectivity index (χ3n) is 3.89. The van der Waals surface area contributed by atoms with E-state index in [-0.39, 0.29) is 11.1 Å². The fourth-order valence-corrected chi connectivity index (χ4v) is 3.81. The Morgan fingerprint density at radius 1 is 1.50 bits per heavy atom. The number of rotatable bonds is 6. The highest BCUT2D eigenvalue weighted by atomic mass is 32.2. The molecule has 1 aliphatic heterocycles. The monoisotopic (exact) mass is 300 g/mol. The van der Waals surface area contributed by atoms with Crippen LogP contribution in [0.5, 0.6) is 0 Å². The van der Waals surface area contributed by atoms with Crippen LogP contribution in [0.15, 0.2) is 11.2 Å². The quantitative estimate of drug-likeness (QED) is 0.776. The van der Waals surface area contributed by atoms with Crippen molar-refractivity contribution in [3.8, 4) is 0 Å². The Hall–Kier alpha value is -0.960. The number of nitrogens with zero attached hydrogens (tertiary/aromatic N) is 2. The molecule has 0 bridgehead atoms. The first-order chi connectivity index (χ1) is 9.59. The van der Waals surface area contributed by atoms with Crippen LogP contribution in [-0.2, 0) is 21.3 Å². The Kier molecular flexibility index (Phi) is 3.80. The van der Waals surface area contributed by atoms with E-state index in [1.165, 1.54) is 17.1 Å². The molecule has 0 spiro atoms. The predicted molar refractivity (Wildman–Crippen MR) is 72.6 cm³/mol. The molecular formula is C12H20N4O3S. The molecule has 2 aliphatic rings. The lowest BCUT2D eigenvalue weighted by Gasteiger charge is -2.22. The minimum Gasteiger partial charge on any atom is -0.380 e. The van der Waals surface area contributed by atoms with E-state index in [4.69, 9.17) is 4.74 Å². The van der Waals surface area contributed by atoms with E-state index in [1.807, 2.05) is 0 Å². The van der Waals surface area contributed by atoms with E-state index in [0.717, 1.165) is 6.42 Å². The zero-order valence-corrected chi connectivity index (χ0v) is 12.3. The molecule has 1 aliphatic carbocycles. The molecule has 0 amide bonds. The van der Waals surface area contributed by atoms with Gasteiger partial charge in [-0.05, 0) is 19.3 Å². The Bertz CT molecular complexity index is 561. The van der Waals surface area contributed by atoms with E-state index in [1.54, 1.807) is 13.2 Å². The minimum atomic E-state index is -3.54. The molecule has 2 N–H and O–H groups in total. The molecule has 0 radical (unpaired) electrons. The molecule has 7 nitrogen and oxygen atoms in total. The Labute approximate surface area is 118 Å². The number of nitrogens with one attached hydrogen (secondary N) is 2. The fraction of sp³-hybridized carbons (Fsp3) is 0.750. The Morgan fingerprint density at radius 2 is 2.30 bits per heavy atom. The number of ether oxygens (including phenoxy) is 1. The smallest absolute Gasteiger partial charge is 0.260 e. The van der Waals surface area contributed by atoms with Gasteiger partial charge in [0, 0.05) is 31.8 Å². The number of hydrogen-bond donors (Lipinski definition) is 2. The maximum absolute atomic E-state index is 12.6. The number of likely N-dealkylation sites (N-methyl/N-ethyl adjacent to an activating group) is 1. The van der Waals surface area contributed by atoms with E-state index in [2.05, 4.69) is 15.5 Å². The lowest BCUT2D eigenvalue weighted by atomic mass is 10.3. The highest BCUT2D eigenvalue weighted by Gasteiger charge is 2.33. The average Bonchev–Trinajstić information content (AvgIpc) is 2.95. The fourth-order valence-electron chi connectivity index (χ4n) is 2.34. The molecule has 0 aromatic carbocycles. The van der Waals surface area contributed by atoms with Crippen LogP contribution in [0.1, 0.15) is 24.8 Å². The molecule has 1 saturated carbocycles. The van der Waals surface area contributed by atoms with Crippen LogP contribution >= 0.6 is 0 Å². The van der Waals surface area contributed by atoms with Crippen molar-refractivity contribution in [3.63, 3.8) is 0 Å². The normalized spacial score (nSPS) is 23.6. The predicted octanol–water partition coefficient (Wildman–Crippen LogP) is 0.0711. The first kappa shape index (κ1) is 14.0. The van der Waals surface area contributed by atoms with Gasteiger partial charge in [0.2, 0.25) is 0 Å². The molecule has 2 fully saturated rings. The molecular weight excluding hydrogens is 280 g/mol. The Morgan fingerprint density at radius 3 is 2.95 bits per heavy atom. The van der Waals surface area contributed by atoms with Gasteiger partial charge in [0.15, 0.2) is 5.03 Å². The summed E-state index contributed by atoms with van der Waals surface area (Å²) in [5, 5.41) is 10.0. The SMILES string of the molecule is CN(C1CCOC1)S(=O)(=O)c1[nH]ncc1CNC1CC1. The highest BCUT2D eigenvalue weighted by Crippen LogP contribution is 2.23. The zero-order chi connectivity index (χ0) is 14.2. The molecule has 1 atom stereocenters. The summed E-state index contributed by atoms with van der Waals surface area (Å²) in [4.78, 5) is 0. The van der Waals surface area contributed by atoms with Crippen LogP contribution in [0.2, 0.25) is 0 Å². The molecule has 20 heavy (non-hydrogen) atoms. The second-order valence-corrected chi connectivity index (χ2v) is 7.35. The molecule has 1 aromatic heterocycles. The molecule has 8 heteroatoms. The first-order valence-electron chi connectivity index (χ1n) is 6.90. The number of sulfonamides is 1. The molecule has 1 unspecified atom stereocenters. The maximum atomic E-state index is 12.6. The number of hydrogen-bond acceptors (Lipinski definition) is 5. The van der Waals surface area contributed by atoms with Gasteiger partial charge in [-0.15, -0.1) is 0 Å². The van der Waals surface area contributed by atoms with E-state index < -0.39 is 10.0 Å². The van der Waals surface area contributed by atoms with Gasteiger partial charge in [-0.1, -0.05) is 0 Å². The van der Waals surface area contributed by atoms with Crippen molar-refractivity contribution < 1.29 is 13.2 Å². The van der Waals surface area contributed by atoms with E-state index >= 15 is 0 Å². The topological polar surface area (TPSA) is 87.3 Å². The number of aromatic nitrogens is 2. The first-order valence-corrected chi connectivity index (χ1v) is 8.34. The standard InChI is InChI=1S/C12H20N4O3S/c1-16(11-4-5-19-8-11)20(17,18)12-9(7-14-15-12)6-13-10-2-3-10/h7,10-11,13H,2-6,8H2,1H3,(H,14,15).